The van der Waals surface area contributed by atoms with Gasteiger partial charge in [0.15, 0.2) is 8.32 Å². The van der Waals surface area contributed by atoms with E-state index < -0.39 is 44.2 Å². The highest BCUT2D eigenvalue weighted by atomic mass is 28.4. The van der Waals surface area contributed by atoms with Crippen molar-refractivity contribution in [1.29, 1.82) is 0 Å². The number of amides is 4. The fraction of sp³-hybridized carbons (Fsp3) is 0.444. The SMILES string of the molecule is C[C@@H](C(=O)NCCNC(=O)CCn1c(CN(C)N(C)C(=O)OCC2c3ccccc3-c3ccccc32)cc2ccccc21)[C@H](O[Si](C)(C)C(C)(C)C)C(=O)NCCC(=O)O. The minimum absolute atomic E-state index is 0.0517. The van der Waals surface area contributed by atoms with Gasteiger partial charge < -0.3 is 34.8 Å². The molecule has 4 amide bonds. The summed E-state index contributed by atoms with van der Waals surface area (Å²) in [5.74, 6) is -3.13. The van der Waals surface area contributed by atoms with Crippen molar-refractivity contribution in [3.8, 4) is 11.1 Å². The Hall–Kier alpha value is -5.51. The molecule has 1 aromatic heterocycles. The lowest BCUT2D eigenvalue weighted by Crippen LogP contribution is -2.54. The summed E-state index contributed by atoms with van der Waals surface area (Å²) in [6.45, 7) is 12.8. The molecule has 3 aromatic carbocycles. The summed E-state index contributed by atoms with van der Waals surface area (Å²) >= 11 is 0. The van der Waals surface area contributed by atoms with Crippen LogP contribution < -0.4 is 16.0 Å². The van der Waals surface area contributed by atoms with Gasteiger partial charge in [-0.05, 0) is 57.9 Å². The van der Waals surface area contributed by atoms with Crippen molar-refractivity contribution < 1.29 is 38.2 Å². The van der Waals surface area contributed by atoms with E-state index in [0.29, 0.717) is 13.1 Å². The number of carboxylic acid groups (broad SMARTS) is 1. The van der Waals surface area contributed by atoms with Gasteiger partial charge in [-0.2, -0.15) is 0 Å². The number of carboxylic acids is 1. The molecule has 60 heavy (non-hydrogen) atoms. The number of benzene rings is 3. The molecule has 0 spiro atoms. The molecule has 0 unspecified atom stereocenters. The number of nitrogens with zero attached hydrogens (tertiary/aromatic N) is 3. The minimum Gasteiger partial charge on any atom is -0.481 e. The number of hydrazine groups is 1. The molecular formula is C45H60N6O8Si. The van der Waals surface area contributed by atoms with Crippen LogP contribution in [0.2, 0.25) is 18.1 Å². The predicted molar refractivity (Wildman–Crippen MR) is 233 cm³/mol. The minimum atomic E-state index is -2.50. The maximum atomic E-state index is 13.4. The van der Waals surface area contributed by atoms with Gasteiger partial charge in [-0.25, -0.2) is 14.8 Å². The molecule has 15 heteroatoms. The highest BCUT2D eigenvalue weighted by Gasteiger charge is 2.43. The number of aliphatic carboxylic acids is 1. The van der Waals surface area contributed by atoms with E-state index in [-0.39, 0.29) is 55.9 Å². The highest BCUT2D eigenvalue weighted by Crippen LogP contribution is 2.44. The molecule has 4 aromatic rings. The Morgan fingerprint density at radius 1 is 0.817 bits per heavy atom. The Kier molecular flexibility index (Phi) is 15.0. The summed E-state index contributed by atoms with van der Waals surface area (Å²) in [6, 6.07) is 26.4. The molecule has 322 valence electrons. The molecule has 0 fully saturated rings. The quantitative estimate of drug-likeness (QED) is 0.0494. The van der Waals surface area contributed by atoms with Crippen LogP contribution >= 0.6 is 0 Å². The molecule has 5 rings (SSSR count). The summed E-state index contributed by atoms with van der Waals surface area (Å²) in [5.41, 5.74) is 6.48. The van der Waals surface area contributed by atoms with E-state index in [9.17, 15) is 24.0 Å². The van der Waals surface area contributed by atoms with E-state index >= 15 is 0 Å². The van der Waals surface area contributed by atoms with Crippen LogP contribution in [0.1, 0.15) is 63.3 Å². The van der Waals surface area contributed by atoms with Crippen LogP contribution in [0.4, 0.5) is 4.79 Å². The monoisotopic (exact) mass is 840 g/mol. The first-order chi connectivity index (χ1) is 28.4. The molecule has 2 atom stereocenters. The summed E-state index contributed by atoms with van der Waals surface area (Å²) in [6.07, 6.45) is -1.67. The van der Waals surface area contributed by atoms with Crippen LogP contribution in [0.5, 0.6) is 0 Å². The van der Waals surface area contributed by atoms with Gasteiger partial charge in [-0.15, -0.1) is 0 Å². The maximum Gasteiger partial charge on any atom is 0.424 e. The average molecular weight is 841 g/mol. The third kappa shape index (κ3) is 11.0. The van der Waals surface area contributed by atoms with Crippen LogP contribution in [-0.4, -0.2) is 104 Å². The molecular weight excluding hydrogens is 781 g/mol. The van der Waals surface area contributed by atoms with E-state index in [1.165, 1.54) is 5.01 Å². The average Bonchev–Trinajstić information content (AvgIpc) is 3.72. The zero-order valence-electron chi connectivity index (χ0n) is 36.0. The molecule has 0 saturated heterocycles. The summed E-state index contributed by atoms with van der Waals surface area (Å²) in [4.78, 5) is 63.9. The number of para-hydroxylation sites is 1. The van der Waals surface area contributed by atoms with Crippen LogP contribution in [0.15, 0.2) is 78.9 Å². The van der Waals surface area contributed by atoms with Crippen molar-refractivity contribution in [3.63, 3.8) is 0 Å². The Bertz CT molecular complexity index is 2140. The Morgan fingerprint density at radius 2 is 1.40 bits per heavy atom. The van der Waals surface area contributed by atoms with Crippen molar-refractivity contribution in [2.24, 2.45) is 5.92 Å². The number of rotatable bonds is 19. The van der Waals surface area contributed by atoms with Crippen molar-refractivity contribution in [2.75, 3.05) is 40.3 Å². The van der Waals surface area contributed by atoms with E-state index in [1.54, 1.807) is 19.0 Å². The number of ether oxygens (including phenoxy) is 1. The second-order valence-electron chi connectivity index (χ2n) is 16.9. The second-order valence-corrected chi connectivity index (χ2v) is 21.7. The lowest BCUT2D eigenvalue weighted by molar-refractivity contribution is -0.139. The molecule has 4 N–H and O–H groups in total. The van der Waals surface area contributed by atoms with Crippen molar-refractivity contribution >= 4 is 49.0 Å². The number of hydrogen-bond acceptors (Lipinski definition) is 8. The first kappa shape index (κ1) is 45.6. The fourth-order valence-electron chi connectivity index (χ4n) is 7.09. The lowest BCUT2D eigenvalue weighted by Gasteiger charge is -2.40. The van der Waals surface area contributed by atoms with Gasteiger partial charge in [0.25, 0.3) is 0 Å². The third-order valence-corrected chi connectivity index (χ3v) is 16.2. The molecule has 0 bridgehead atoms. The summed E-state index contributed by atoms with van der Waals surface area (Å²) in [7, 11) is 1.000. The zero-order chi connectivity index (χ0) is 43.8. The molecule has 0 radical (unpaired) electrons. The van der Waals surface area contributed by atoms with Gasteiger partial charge >= 0.3 is 12.1 Å². The largest absolute Gasteiger partial charge is 0.481 e. The summed E-state index contributed by atoms with van der Waals surface area (Å²) in [5, 5.41) is 21.3. The topological polar surface area (TPSA) is 172 Å². The molecule has 1 aliphatic rings. The predicted octanol–water partition coefficient (Wildman–Crippen LogP) is 6.11. The number of aromatic nitrogens is 1. The van der Waals surface area contributed by atoms with E-state index in [2.05, 4.69) is 50.8 Å². The Morgan fingerprint density at radius 3 is 2.03 bits per heavy atom. The third-order valence-electron chi connectivity index (χ3n) is 11.7. The van der Waals surface area contributed by atoms with Gasteiger partial charge in [0.05, 0.1) is 18.9 Å². The lowest BCUT2D eigenvalue weighted by atomic mass is 9.98. The molecule has 1 heterocycles. The number of carbonyl (C=O) groups excluding carboxylic acids is 4. The Labute approximate surface area is 353 Å². The van der Waals surface area contributed by atoms with Crippen LogP contribution in [-0.2, 0) is 41.4 Å². The number of nitrogens with one attached hydrogen (secondary N) is 3. The van der Waals surface area contributed by atoms with Crippen molar-refractivity contribution in [2.45, 2.75) is 83.8 Å². The maximum absolute atomic E-state index is 13.4. The smallest absolute Gasteiger partial charge is 0.424 e. The zero-order valence-corrected chi connectivity index (χ0v) is 37.0. The van der Waals surface area contributed by atoms with E-state index in [4.69, 9.17) is 14.3 Å². The van der Waals surface area contributed by atoms with E-state index in [0.717, 1.165) is 38.9 Å². The van der Waals surface area contributed by atoms with Crippen LogP contribution in [0.3, 0.4) is 0 Å². The fourth-order valence-corrected chi connectivity index (χ4v) is 8.39. The number of fused-ring (bicyclic) bond motifs is 4. The van der Waals surface area contributed by atoms with Gasteiger partial charge in [-0.3, -0.25) is 19.2 Å². The van der Waals surface area contributed by atoms with E-state index in [1.807, 2.05) is 89.4 Å². The molecule has 14 nitrogen and oxygen atoms in total. The van der Waals surface area contributed by atoms with Gasteiger partial charge in [0.1, 0.15) is 12.7 Å². The summed E-state index contributed by atoms with van der Waals surface area (Å²) < 4.78 is 14.3. The van der Waals surface area contributed by atoms with Gasteiger partial charge in [0.2, 0.25) is 17.7 Å². The molecule has 0 saturated carbocycles. The van der Waals surface area contributed by atoms with Crippen LogP contribution in [0.25, 0.3) is 22.0 Å². The normalized spacial score (nSPS) is 13.6. The van der Waals surface area contributed by atoms with Gasteiger partial charge in [-0.1, -0.05) is 94.4 Å². The first-order valence-corrected chi connectivity index (χ1v) is 23.4. The molecule has 0 aliphatic heterocycles. The second kappa shape index (κ2) is 19.7. The number of aryl methyl sites for hydroxylation is 1. The highest BCUT2D eigenvalue weighted by molar-refractivity contribution is 6.74. The van der Waals surface area contributed by atoms with Gasteiger partial charge in [0, 0.05) is 63.8 Å². The number of carbonyl (C=O) groups is 5. The number of hydrogen-bond donors (Lipinski definition) is 4. The Balaban J connectivity index is 1.13. The first-order valence-electron chi connectivity index (χ1n) is 20.5. The van der Waals surface area contributed by atoms with Crippen molar-refractivity contribution in [1.82, 2.24) is 30.5 Å². The molecule has 1 aliphatic carbocycles. The van der Waals surface area contributed by atoms with Crippen LogP contribution in [0, 0.1) is 5.92 Å². The van der Waals surface area contributed by atoms with Crippen molar-refractivity contribution in [3.05, 3.63) is 95.7 Å². The standard InChI is InChI=1S/C45H60N6O8Si/c1-30(41(43(56)47-23-21-40(53)54)59-60(7,8)45(2,3)4)42(55)48-25-24-46-39(52)22-26-51-32(27-31-15-9-14-20-38(31)51)28-49(5)50(6)44(57)58-29-37-35-18-12-10-16-33(35)34-17-11-13-19-36(34)37/h9-20,27,30,37,41H,21-26,28-29H2,1-8H3,(H,46,52)(H,47,56)(H,48,55)(H,53,54)/t30-,41+/m1/s1.